The second-order valence-corrected chi connectivity index (χ2v) is 6.72. The number of rotatable bonds is 9. The van der Waals surface area contributed by atoms with Gasteiger partial charge in [-0.25, -0.2) is 8.42 Å². The van der Waals surface area contributed by atoms with E-state index in [4.69, 9.17) is 0 Å². The zero-order valence-corrected chi connectivity index (χ0v) is 14.5. The van der Waals surface area contributed by atoms with Crippen LogP contribution in [-0.2, 0) is 14.8 Å². The van der Waals surface area contributed by atoms with Crippen LogP contribution in [0, 0.1) is 0 Å². The number of amides is 1. The molecule has 1 amide bonds. The summed E-state index contributed by atoms with van der Waals surface area (Å²) in [5.74, 6) is -0.310. The standard InChI is InChI=1S/C14H23N3O3S.ClH/c1-3-9-15-10-11-16-14(18)12-17(2)21(19,20)13-7-5-4-6-8-13;/h4-8,15H,3,9-12H2,1-2H3,(H,16,18);1H. The van der Waals surface area contributed by atoms with Gasteiger partial charge in [-0.3, -0.25) is 4.79 Å². The quantitative estimate of drug-likeness (QED) is 0.648. The Labute approximate surface area is 138 Å². The number of likely N-dealkylation sites (N-methyl/N-ethyl adjacent to an activating group) is 1. The van der Waals surface area contributed by atoms with Gasteiger partial charge in [-0.2, -0.15) is 4.31 Å². The number of benzene rings is 1. The zero-order chi connectivity index (χ0) is 15.7. The molecule has 0 fully saturated rings. The number of halogens is 1. The van der Waals surface area contributed by atoms with Crippen molar-refractivity contribution in [3.05, 3.63) is 30.3 Å². The summed E-state index contributed by atoms with van der Waals surface area (Å²) in [6, 6.07) is 8.08. The lowest BCUT2D eigenvalue weighted by Gasteiger charge is -2.16. The minimum absolute atomic E-state index is 0. The van der Waals surface area contributed by atoms with Crippen LogP contribution < -0.4 is 10.6 Å². The maximum absolute atomic E-state index is 12.2. The van der Waals surface area contributed by atoms with Crippen molar-refractivity contribution in [2.75, 3.05) is 33.2 Å². The summed E-state index contributed by atoms with van der Waals surface area (Å²) < 4.78 is 25.5. The number of sulfonamides is 1. The molecule has 0 saturated carbocycles. The highest BCUT2D eigenvalue weighted by atomic mass is 35.5. The molecular weight excluding hydrogens is 326 g/mol. The molecular formula is C14H24ClN3O3S. The molecule has 0 radical (unpaired) electrons. The van der Waals surface area contributed by atoms with Gasteiger partial charge >= 0.3 is 0 Å². The van der Waals surface area contributed by atoms with Crippen LogP contribution in [0.15, 0.2) is 35.2 Å². The van der Waals surface area contributed by atoms with Crippen LogP contribution in [0.4, 0.5) is 0 Å². The fourth-order valence-corrected chi connectivity index (χ4v) is 2.86. The third-order valence-electron chi connectivity index (χ3n) is 2.87. The fourth-order valence-electron chi connectivity index (χ4n) is 1.71. The summed E-state index contributed by atoms with van der Waals surface area (Å²) in [6.45, 7) is 3.94. The Kier molecular flexibility index (Phi) is 10.0. The number of carbonyl (C=O) groups is 1. The molecule has 0 aromatic heterocycles. The van der Waals surface area contributed by atoms with E-state index in [1.807, 2.05) is 0 Å². The maximum atomic E-state index is 12.2. The number of nitrogens with one attached hydrogen (secondary N) is 2. The molecule has 6 nitrogen and oxygen atoms in total. The number of carbonyl (C=O) groups excluding carboxylic acids is 1. The van der Waals surface area contributed by atoms with E-state index in [0.29, 0.717) is 13.1 Å². The fraction of sp³-hybridized carbons (Fsp3) is 0.500. The SMILES string of the molecule is CCCNCCNC(=O)CN(C)S(=O)(=O)c1ccccc1.Cl. The van der Waals surface area contributed by atoms with E-state index >= 15 is 0 Å². The number of hydrogen-bond acceptors (Lipinski definition) is 4. The molecule has 1 rings (SSSR count). The van der Waals surface area contributed by atoms with Crippen molar-refractivity contribution >= 4 is 28.3 Å². The van der Waals surface area contributed by atoms with Crippen LogP contribution in [0.3, 0.4) is 0 Å². The molecule has 0 aliphatic rings. The van der Waals surface area contributed by atoms with E-state index in [9.17, 15) is 13.2 Å². The average molecular weight is 350 g/mol. The predicted molar refractivity (Wildman–Crippen MR) is 89.7 cm³/mol. The van der Waals surface area contributed by atoms with Crippen molar-refractivity contribution in [1.29, 1.82) is 0 Å². The topological polar surface area (TPSA) is 78.5 Å². The Morgan fingerprint density at radius 2 is 1.77 bits per heavy atom. The molecule has 0 spiro atoms. The second-order valence-electron chi connectivity index (χ2n) is 4.67. The van der Waals surface area contributed by atoms with Crippen LogP contribution >= 0.6 is 12.4 Å². The van der Waals surface area contributed by atoms with Gasteiger partial charge in [-0.05, 0) is 25.1 Å². The van der Waals surface area contributed by atoms with E-state index in [0.717, 1.165) is 17.3 Å². The van der Waals surface area contributed by atoms with Crippen molar-refractivity contribution in [2.24, 2.45) is 0 Å². The lowest BCUT2D eigenvalue weighted by atomic mass is 10.4. The van der Waals surface area contributed by atoms with Gasteiger partial charge in [0.15, 0.2) is 0 Å². The maximum Gasteiger partial charge on any atom is 0.243 e. The minimum atomic E-state index is -3.62. The van der Waals surface area contributed by atoms with Gasteiger partial charge in [0.25, 0.3) is 0 Å². The van der Waals surface area contributed by atoms with Crippen LogP contribution in [-0.4, -0.2) is 51.9 Å². The second kappa shape index (κ2) is 10.6. The largest absolute Gasteiger partial charge is 0.354 e. The molecule has 0 saturated heterocycles. The predicted octanol–water partition coefficient (Wildman–Crippen LogP) is 0.845. The van der Waals surface area contributed by atoms with E-state index < -0.39 is 10.0 Å². The number of hydrogen-bond donors (Lipinski definition) is 2. The molecule has 0 unspecified atom stereocenters. The molecule has 1 aromatic carbocycles. The summed E-state index contributed by atoms with van der Waals surface area (Å²) in [6.07, 6.45) is 1.03. The summed E-state index contributed by atoms with van der Waals surface area (Å²) in [5.41, 5.74) is 0. The van der Waals surface area contributed by atoms with Crippen molar-refractivity contribution in [1.82, 2.24) is 14.9 Å². The molecule has 1 aromatic rings. The molecule has 2 N–H and O–H groups in total. The van der Waals surface area contributed by atoms with E-state index in [1.54, 1.807) is 18.2 Å². The highest BCUT2D eigenvalue weighted by Crippen LogP contribution is 2.12. The Bertz CT molecular complexity index is 538. The van der Waals surface area contributed by atoms with Crippen molar-refractivity contribution in [3.8, 4) is 0 Å². The summed E-state index contributed by atoms with van der Waals surface area (Å²) in [5, 5.41) is 5.84. The summed E-state index contributed by atoms with van der Waals surface area (Å²) in [7, 11) is -2.22. The summed E-state index contributed by atoms with van der Waals surface area (Å²) >= 11 is 0. The van der Waals surface area contributed by atoms with Crippen molar-refractivity contribution < 1.29 is 13.2 Å². The Morgan fingerprint density at radius 3 is 2.36 bits per heavy atom. The Hall–Kier alpha value is -1.15. The molecule has 0 atom stereocenters. The van der Waals surface area contributed by atoms with E-state index in [1.165, 1.54) is 19.2 Å². The smallest absolute Gasteiger partial charge is 0.243 e. The Morgan fingerprint density at radius 1 is 1.14 bits per heavy atom. The van der Waals surface area contributed by atoms with Gasteiger partial charge in [0.2, 0.25) is 15.9 Å². The highest BCUT2D eigenvalue weighted by molar-refractivity contribution is 7.89. The third-order valence-corrected chi connectivity index (χ3v) is 4.69. The molecule has 8 heteroatoms. The molecule has 0 bridgehead atoms. The van der Waals surface area contributed by atoms with Crippen LogP contribution in [0.25, 0.3) is 0 Å². The molecule has 22 heavy (non-hydrogen) atoms. The Balaban J connectivity index is 0.00000441. The monoisotopic (exact) mass is 349 g/mol. The summed E-state index contributed by atoms with van der Waals surface area (Å²) in [4.78, 5) is 11.9. The number of nitrogens with zero attached hydrogens (tertiary/aromatic N) is 1. The lowest BCUT2D eigenvalue weighted by Crippen LogP contribution is -2.40. The van der Waals surface area contributed by atoms with Crippen LogP contribution in [0.2, 0.25) is 0 Å². The van der Waals surface area contributed by atoms with Crippen molar-refractivity contribution in [3.63, 3.8) is 0 Å². The lowest BCUT2D eigenvalue weighted by molar-refractivity contribution is -0.121. The molecule has 0 aliphatic carbocycles. The van der Waals surface area contributed by atoms with Gasteiger partial charge in [-0.1, -0.05) is 25.1 Å². The first kappa shape index (κ1) is 20.9. The molecule has 126 valence electrons. The van der Waals surface area contributed by atoms with Gasteiger partial charge in [-0.15, -0.1) is 12.4 Å². The van der Waals surface area contributed by atoms with Crippen molar-refractivity contribution in [2.45, 2.75) is 18.2 Å². The first-order chi connectivity index (χ1) is 9.98. The molecule has 0 heterocycles. The van der Waals surface area contributed by atoms with Crippen LogP contribution in [0.5, 0.6) is 0 Å². The highest BCUT2D eigenvalue weighted by Gasteiger charge is 2.22. The van der Waals surface area contributed by atoms with Gasteiger partial charge in [0.1, 0.15) is 0 Å². The first-order valence-corrected chi connectivity index (χ1v) is 8.41. The average Bonchev–Trinajstić information content (AvgIpc) is 2.47. The van der Waals surface area contributed by atoms with Gasteiger partial charge < -0.3 is 10.6 Å². The third kappa shape index (κ3) is 6.74. The van der Waals surface area contributed by atoms with E-state index in [-0.39, 0.29) is 29.8 Å². The van der Waals surface area contributed by atoms with Gasteiger partial charge in [0.05, 0.1) is 11.4 Å². The normalized spacial score (nSPS) is 11.0. The zero-order valence-electron chi connectivity index (χ0n) is 12.9. The van der Waals surface area contributed by atoms with Crippen LogP contribution in [0.1, 0.15) is 13.3 Å². The minimum Gasteiger partial charge on any atom is -0.354 e. The molecule has 0 aliphatic heterocycles. The van der Waals surface area contributed by atoms with Gasteiger partial charge in [0, 0.05) is 20.1 Å². The first-order valence-electron chi connectivity index (χ1n) is 6.97. The van der Waals surface area contributed by atoms with E-state index in [2.05, 4.69) is 17.6 Å².